The summed E-state index contributed by atoms with van der Waals surface area (Å²) in [4.78, 5) is 26.0. The molecule has 4 aliphatic rings. The predicted octanol–water partition coefficient (Wildman–Crippen LogP) is 7.00. The molecule has 0 aromatic rings. The van der Waals surface area contributed by atoms with E-state index in [4.69, 9.17) is 4.74 Å². The Labute approximate surface area is 196 Å². The minimum atomic E-state index is -0.0616. The SMILES string of the molecule is CC=C1C(=O)C2C(CC[C@@]3(C)C2CCC3[C@H](C)CCC(=O)OCC)[C@@]2(C)CC[C@@H](C)CC12. The number of ether oxygens (including phenoxy) is 1. The smallest absolute Gasteiger partial charge is 0.305 e. The molecule has 0 heterocycles. The molecule has 4 rings (SSSR count). The molecule has 4 fully saturated rings. The number of allylic oxidation sites excluding steroid dienone is 2. The largest absolute Gasteiger partial charge is 0.466 e. The van der Waals surface area contributed by atoms with E-state index >= 15 is 0 Å². The van der Waals surface area contributed by atoms with E-state index in [1.807, 2.05) is 6.92 Å². The highest BCUT2D eigenvalue weighted by molar-refractivity contribution is 5.99. The highest BCUT2D eigenvalue weighted by Gasteiger charge is 2.64. The molecule has 0 radical (unpaired) electrons. The van der Waals surface area contributed by atoms with Gasteiger partial charge in [-0.1, -0.05) is 40.2 Å². The molecule has 3 nitrogen and oxygen atoms in total. The Kier molecular flexibility index (Phi) is 6.69. The van der Waals surface area contributed by atoms with Crippen molar-refractivity contribution < 1.29 is 14.3 Å². The molecule has 4 aliphatic carbocycles. The van der Waals surface area contributed by atoms with Crippen molar-refractivity contribution in [3.8, 4) is 0 Å². The predicted molar refractivity (Wildman–Crippen MR) is 129 cm³/mol. The molecule has 180 valence electrons. The van der Waals surface area contributed by atoms with Crippen molar-refractivity contribution in [3.63, 3.8) is 0 Å². The van der Waals surface area contributed by atoms with Gasteiger partial charge in [-0.15, -0.1) is 0 Å². The zero-order valence-corrected chi connectivity index (χ0v) is 21.4. The average Bonchev–Trinajstić information content (AvgIpc) is 3.11. The Morgan fingerprint density at radius 1 is 1.12 bits per heavy atom. The summed E-state index contributed by atoms with van der Waals surface area (Å²) in [5.41, 5.74) is 1.69. The Bertz CT molecular complexity index is 768. The van der Waals surface area contributed by atoms with Gasteiger partial charge >= 0.3 is 5.97 Å². The van der Waals surface area contributed by atoms with Gasteiger partial charge < -0.3 is 4.74 Å². The molecule has 0 bridgehead atoms. The quantitative estimate of drug-likeness (QED) is 0.340. The number of ketones is 1. The van der Waals surface area contributed by atoms with Crippen LogP contribution >= 0.6 is 0 Å². The molecule has 0 saturated heterocycles. The van der Waals surface area contributed by atoms with Crippen LogP contribution in [0.3, 0.4) is 0 Å². The summed E-state index contributed by atoms with van der Waals surface area (Å²) < 4.78 is 5.17. The average molecular weight is 443 g/mol. The molecule has 32 heavy (non-hydrogen) atoms. The van der Waals surface area contributed by atoms with Gasteiger partial charge in [0.1, 0.15) is 0 Å². The second-order valence-electron chi connectivity index (χ2n) is 12.3. The van der Waals surface area contributed by atoms with E-state index in [0.717, 1.165) is 12.3 Å². The van der Waals surface area contributed by atoms with Gasteiger partial charge in [-0.2, -0.15) is 0 Å². The fourth-order valence-corrected chi connectivity index (χ4v) is 9.16. The van der Waals surface area contributed by atoms with Crippen molar-refractivity contribution in [1.29, 1.82) is 0 Å². The van der Waals surface area contributed by atoms with Gasteiger partial charge in [-0.25, -0.2) is 0 Å². The van der Waals surface area contributed by atoms with Crippen LogP contribution in [0.1, 0.15) is 99.3 Å². The van der Waals surface area contributed by atoms with Gasteiger partial charge in [0.15, 0.2) is 5.78 Å². The van der Waals surface area contributed by atoms with Crippen molar-refractivity contribution in [3.05, 3.63) is 11.6 Å². The highest BCUT2D eigenvalue weighted by atomic mass is 16.5. The molecule has 3 heteroatoms. The van der Waals surface area contributed by atoms with Crippen LogP contribution in [0, 0.1) is 52.3 Å². The van der Waals surface area contributed by atoms with Crippen LogP contribution in [-0.4, -0.2) is 18.4 Å². The fourth-order valence-electron chi connectivity index (χ4n) is 9.16. The van der Waals surface area contributed by atoms with Crippen molar-refractivity contribution in [2.24, 2.45) is 52.3 Å². The first kappa shape index (κ1) is 24.0. The number of fused-ring (bicyclic) bond motifs is 5. The van der Waals surface area contributed by atoms with Gasteiger partial charge in [0, 0.05) is 12.3 Å². The Morgan fingerprint density at radius 3 is 2.50 bits per heavy atom. The van der Waals surface area contributed by atoms with E-state index in [2.05, 4.69) is 40.7 Å². The van der Waals surface area contributed by atoms with Gasteiger partial charge in [0.05, 0.1) is 6.61 Å². The lowest BCUT2D eigenvalue weighted by atomic mass is 9.42. The van der Waals surface area contributed by atoms with Gasteiger partial charge in [-0.05, 0) is 111 Å². The van der Waals surface area contributed by atoms with E-state index < -0.39 is 0 Å². The molecule has 4 saturated carbocycles. The van der Waals surface area contributed by atoms with Crippen LogP contribution in [0.2, 0.25) is 0 Å². The third kappa shape index (κ3) is 3.70. The van der Waals surface area contributed by atoms with Crippen molar-refractivity contribution >= 4 is 11.8 Å². The maximum atomic E-state index is 14.0. The lowest BCUT2D eigenvalue weighted by molar-refractivity contribution is -0.148. The second-order valence-corrected chi connectivity index (χ2v) is 12.3. The number of Topliss-reactive ketones (excluding diaryl/α,β-unsaturated/α-hetero) is 1. The lowest BCUT2D eigenvalue weighted by Gasteiger charge is -2.61. The Morgan fingerprint density at radius 2 is 1.81 bits per heavy atom. The summed E-state index contributed by atoms with van der Waals surface area (Å²) in [7, 11) is 0. The van der Waals surface area contributed by atoms with Crippen LogP contribution < -0.4 is 0 Å². The molecular weight excluding hydrogens is 396 g/mol. The van der Waals surface area contributed by atoms with Crippen molar-refractivity contribution in [1.82, 2.24) is 0 Å². The van der Waals surface area contributed by atoms with Crippen LogP contribution in [0.5, 0.6) is 0 Å². The Hall–Kier alpha value is -1.12. The summed E-state index contributed by atoms with van der Waals surface area (Å²) >= 11 is 0. The molecule has 9 atom stereocenters. The first-order chi connectivity index (χ1) is 15.2. The van der Waals surface area contributed by atoms with Gasteiger partial charge in [-0.3, -0.25) is 9.59 Å². The third-order valence-electron chi connectivity index (χ3n) is 10.9. The summed E-state index contributed by atoms with van der Waals surface area (Å²) in [6.45, 7) is 14.2. The number of carbonyl (C=O) groups is 2. The number of carbonyl (C=O) groups excluding carboxylic acids is 2. The van der Waals surface area contributed by atoms with Crippen LogP contribution in [-0.2, 0) is 14.3 Å². The Balaban J connectivity index is 1.57. The number of hydrogen-bond donors (Lipinski definition) is 0. The van der Waals surface area contributed by atoms with E-state index in [0.29, 0.717) is 53.8 Å². The normalized spacial score (nSPS) is 45.7. The maximum absolute atomic E-state index is 14.0. The monoisotopic (exact) mass is 442 g/mol. The minimum absolute atomic E-state index is 0.0616. The zero-order valence-electron chi connectivity index (χ0n) is 21.4. The first-order valence-corrected chi connectivity index (χ1v) is 13.5. The summed E-state index contributed by atoms with van der Waals surface area (Å²) in [6, 6.07) is 0. The summed E-state index contributed by atoms with van der Waals surface area (Å²) in [6.07, 6.45) is 12.3. The van der Waals surface area contributed by atoms with E-state index in [-0.39, 0.29) is 17.3 Å². The second kappa shape index (κ2) is 8.91. The maximum Gasteiger partial charge on any atom is 0.305 e. The van der Waals surface area contributed by atoms with Crippen molar-refractivity contribution in [2.45, 2.75) is 99.3 Å². The summed E-state index contributed by atoms with van der Waals surface area (Å²) in [5, 5.41) is 0. The number of rotatable bonds is 5. The van der Waals surface area contributed by atoms with E-state index in [1.165, 1.54) is 50.5 Å². The number of esters is 1. The third-order valence-corrected chi connectivity index (χ3v) is 10.9. The molecular formula is C29H46O3. The molecule has 0 N–H and O–H groups in total. The summed E-state index contributed by atoms with van der Waals surface area (Å²) in [5.74, 6) is 4.05. The lowest BCUT2D eigenvalue weighted by Crippen LogP contribution is -2.57. The molecule has 5 unspecified atom stereocenters. The highest BCUT2D eigenvalue weighted by Crippen LogP contribution is 2.68. The topological polar surface area (TPSA) is 43.4 Å². The van der Waals surface area contributed by atoms with Crippen LogP contribution in [0.25, 0.3) is 0 Å². The molecule has 0 aromatic heterocycles. The van der Waals surface area contributed by atoms with Gasteiger partial charge in [0.2, 0.25) is 0 Å². The zero-order chi connectivity index (χ0) is 23.3. The van der Waals surface area contributed by atoms with E-state index in [9.17, 15) is 9.59 Å². The number of hydrogen-bond acceptors (Lipinski definition) is 3. The first-order valence-electron chi connectivity index (χ1n) is 13.5. The van der Waals surface area contributed by atoms with Crippen molar-refractivity contribution in [2.75, 3.05) is 6.61 Å². The molecule has 0 aliphatic heterocycles. The molecule has 0 amide bonds. The standard InChI is InChI=1S/C29H46O3/c1-7-20-24-17-18(3)13-15-29(24,6)23-14-16-28(5)21(10-11-22(28)26(23)27(20)31)19(4)9-12-25(30)32-8-2/h7,18-19,21-24,26H,8-17H2,1-6H3/t18-,19-,21?,22?,23?,24?,26?,28-,29-/m1/s1. The van der Waals surface area contributed by atoms with Gasteiger partial charge in [0.25, 0.3) is 0 Å². The minimum Gasteiger partial charge on any atom is -0.466 e. The van der Waals surface area contributed by atoms with Crippen LogP contribution in [0.15, 0.2) is 11.6 Å². The molecule has 0 spiro atoms. The van der Waals surface area contributed by atoms with Crippen LogP contribution in [0.4, 0.5) is 0 Å². The van der Waals surface area contributed by atoms with E-state index in [1.54, 1.807) is 0 Å². The fraction of sp³-hybridized carbons (Fsp3) is 0.862. The molecule has 0 aromatic carbocycles.